The van der Waals surface area contributed by atoms with Crippen molar-refractivity contribution in [1.29, 1.82) is 0 Å². The summed E-state index contributed by atoms with van der Waals surface area (Å²) in [6.45, 7) is 13.5. The van der Waals surface area contributed by atoms with Crippen LogP contribution in [-0.2, 0) is 17.8 Å². The van der Waals surface area contributed by atoms with Gasteiger partial charge in [0.25, 0.3) is 5.91 Å². The van der Waals surface area contributed by atoms with E-state index in [1.807, 2.05) is 39.8 Å². The number of benzene rings is 1. The third-order valence-electron chi connectivity index (χ3n) is 8.49. The molecule has 0 bridgehead atoms. The molecule has 0 saturated carbocycles. The summed E-state index contributed by atoms with van der Waals surface area (Å²) >= 11 is 0. The van der Waals surface area contributed by atoms with Crippen molar-refractivity contribution in [2.24, 2.45) is 11.5 Å². The lowest BCUT2D eigenvalue weighted by Crippen LogP contribution is -2.50. The Labute approximate surface area is 312 Å². The number of pyridine rings is 1. The van der Waals surface area contributed by atoms with E-state index in [1.54, 1.807) is 33.2 Å². The second kappa shape index (κ2) is 16.7. The second-order valence-corrected chi connectivity index (χ2v) is 13.7. The maximum absolute atomic E-state index is 13.3. The summed E-state index contributed by atoms with van der Waals surface area (Å²) in [5, 5.41) is 10.5. The molecular formula is C36H48N12O6. The number of aryl methyl sites for hydroxylation is 2. The maximum Gasteiger partial charge on any atom is 0.410 e. The normalized spacial score (nSPS) is 13.7. The number of aromatic nitrogens is 5. The van der Waals surface area contributed by atoms with Gasteiger partial charge in [-0.3, -0.25) is 33.8 Å². The number of primary amides is 2. The minimum atomic E-state index is -0.651. The Morgan fingerprint density at radius 3 is 2.37 bits per heavy atom. The Balaban J connectivity index is 1.25. The van der Waals surface area contributed by atoms with Crippen molar-refractivity contribution in [3.05, 3.63) is 65.1 Å². The molecule has 0 atom stereocenters. The summed E-state index contributed by atoms with van der Waals surface area (Å²) in [5.74, 6) is -1.11. The van der Waals surface area contributed by atoms with Crippen molar-refractivity contribution >= 4 is 52.3 Å². The molecule has 3 aromatic heterocycles. The molecule has 0 aliphatic carbocycles. The van der Waals surface area contributed by atoms with Crippen LogP contribution in [0.1, 0.15) is 64.6 Å². The van der Waals surface area contributed by atoms with Crippen LogP contribution < -0.4 is 32.6 Å². The first-order valence-electron chi connectivity index (χ1n) is 17.6. The predicted molar refractivity (Wildman–Crippen MR) is 203 cm³/mol. The largest absolute Gasteiger partial charge is 0.490 e. The number of ether oxygens (including phenoxy) is 2. The summed E-state index contributed by atoms with van der Waals surface area (Å²) in [4.78, 5) is 62.4. The number of fused-ring (bicyclic) bond motifs is 1. The summed E-state index contributed by atoms with van der Waals surface area (Å²) in [7, 11) is 0. The molecule has 1 fully saturated rings. The third-order valence-corrected chi connectivity index (χ3v) is 8.49. The van der Waals surface area contributed by atoms with Crippen molar-refractivity contribution in [1.82, 2.24) is 34.1 Å². The Morgan fingerprint density at radius 2 is 1.70 bits per heavy atom. The highest BCUT2D eigenvalue weighted by Gasteiger charge is 2.26. The van der Waals surface area contributed by atoms with E-state index < -0.39 is 23.3 Å². The van der Waals surface area contributed by atoms with Gasteiger partial charge in [0.1, 0.15) is 34.9 Å². The number of carbonyl (C=O) groups is 4. The number of nitrogens with two attached hydrogens (primary N) is 3. The number of rotatable bonds is 14. The van der Waals surface area contributed by atoms with E-state index in [2.05, 4.69) is 30.6 Å². The average Bonchev–Trinajstić information content (AvgIpc) is 3.66. The highest BCUT2D eigenvalue weighted by molar-refractivity contribution is 6.03. The number of piperazine rings is 1. The van der Waals surface area contributed by atoms with Crippen LogP contribution in [0.15, 0.2) is 42.6 Å². The fraction of sp³-hybridized carbons (Fsp3) is 0.417. The standard InChI is InChI=1S/C36H48N12O6/c1-6-48-27(17-22(2)44-48)33(51)43-34-42-26-19-24(31(39)50)21-41-32(26)47(34)10-8-7-9-40-29-25(37)18-23(30(38)49)20-28(29)53-16-15-45-11-13-46(14-12-45)35(52)54-36(3,4)5/h7-8,17-21,40H,6,9-16,37H2,1-5H3,(H2,38,49)(H2,39,50)(H,42,43,51)/b8-7+. The van der Waals surface area contributed by atoms with E-state index in [4.69, 9.17) is 26.7 Å². The molecule has 1 aliphatic heterocycles. The van der Waals surface area contributed by atoms with E-state index in [9.17, 15) is 19.2 Å². The number of hydrogen-bond acceptors (Lipinski definition) is 12. The Morgan fingerprint density at radius 1 is 0.981 bits per heavy atom. The first-order valence-corrected chi connectivity index (χ1v) is 17.6. The molecule has 0 unspecified atom stereocenters. The van der Waals surface area contributed by atoms with Crippen LogP contribution in [0.4, 0.5) is 22.1 Å². The smallest absolute Gasteiger partial charge is 0.410 e. The molecule has 1 saturated heterocycles. The molecule has 4 aromatic rings. The van der Waals surface area contributed by atoms with Gasteiger partial charge < -0.3 is 36.9 Å². The molecule has 288 valence electrons. The lowest BCUT2D eigenvalue weighted by Gasteiger charge is -2.35. The lowest BCUT2D eigenvalue weighted by molar-refractivity contribution is 0.0136. The number of imidazole rings is 1. The first kappa shape index (κ1) is 39.0. The van der Waals surface area contributed by atoms with E-state index in [-0.39, 0.29) is 35.4 Å². The first-order chi connectivity index (χ1) is 25.6. The van der Waals surface area contributed by atoms with Crippen molar-refractivity contribution in [3.8, 4) is 5.75 Å². The molecule has 4 heterocycles. The summed E-state index contributed by atoms with van der Waals surface area (Å²) in [5.41, 5.74) is 19.9. The highest BCUT2D eigenvalue weighted by Crippen LogP contribution is 2.33. The zero-order valence-corrected chi connectivity index (χ0v) is 31.2. The van der Waals surface area contributed by atoms with Crippen molar-refractivity contribution in [2.75, 3.05) is 62.2 Å². The number of nitrogen functional groups attached to an aromatic ring is 1. The van der Waals surface area contributed by atoms with Gasteiger partial charge in [-0.25, -0.2) is 14.8 Å². The summed E-state index contributed by atoms with van der Waals surface area (Å²) in [6.07, 6.45) is 4.73. The molecule has 1 aliphatic rings. The SMILES string of the molecule is CCn1nc(C)cc1C(=O)Nc1nc2cc(C(N)=O)cnc2n1C/C=C/CNc1c(N)cc(C(N)=O)cc1OCCN1CCN(C(=O)OC(C)(C)C)CC1. The van der Waals surface area contributed by atoms with Crippen molar-refractivity contribution in [2.45, 2.75) is 53.3 Å². The van der Waals surface area contributed by atoms with E-state index in [0.717, 1.165) is 0 Å². The Kier molecular flexibility index (Phi) is 12.0. The minimum Gasteiger partial charge on any atom is -0.490 e. The number of carbonyl (C=O) groups excluding carboxylic acids is 4. The molecule has 18 nitrogen and oxygen atoms in total. The zero-order chi connectivity index (χ0) is 39.2. The second-order valence-electron chi connectivity index (χ2n) is 13.7. The number of nitrogens with zero attached hydrogens (tertiary/aromatic N) is 7. The van der Waals surface area contributed by atoms with E-state index in [1.165, 1.54) is 18.3 Å². The summed E-state index contributed by atoms with van der Waals surface area (Å²) < 4.78 is 14.9. The van der Waals surface area contributed by atoms with Crippen LogP contribution >= 0.6 is 0 Å². The van der Waals surface area contributed by atoms with Crippen LogP contribution in [0.3, 0.4) is 0 Å². The Hall–Kier alpha value is -6.17. The van der Waals surface area contributed by atoms with Crippen LogP contribution in [0.25, 0.3) is 11.2 Å². The molecular weight excluding hydrogens is 696 g/mol. The van der Waals surface area contributed by atoms with Crippen LogP contribution in [0.5, 0.6) is 5.75 Å². The van der Waals surface area contributed by atoms with Crippen LogP contribution in [-0.4, -0.2) is 109 Å². The number of amides is 4. The van der Waals surface area contributed by atoms with Crippen molar-refractivity contribution < 1.29 is 28.7 Å². The van der Waals surface area contributed by atoms with Gasteiger partial charge in [0.05, 0.1) is 16.9 Å². The number of hydrogen-bond donors (Lipinski definition) is 5. The monoisotopic (exact) mass is 744 g/mol. The van der Waals surface area contributed by atoms with Crippen LogP contribution in [0.2, 0.25) is 0 Å². The third kappa shape index (κ3) is 9.62. The van der Waals surface area contributed by atoms with E-state index in [0.29, 0.717) is 86.4 Å². The van der Waals surface area contributed by atoms with Gasteiger partial charge in [0, 0.05) is 64.1 Å². The molecule has 1 aromatic carbocycles. The van der Waals surface area contributed by atoms with Gasteiger partial charge in [0.15, 0.2) is 5.65 Å². The molecule has 0 spiro atoms. The predicted octanol–water partition coefficient (Wildman–Crippen LogP) is 2.59. The van der Waals surface area contributed by atoms with E-state index >= 15 is 0 Å². The molecule has 4 amide bonds. The quantitative estimate of drug-likeness (QED) is 0.0924. The summed E-state index contributed by atoms with van der Waals surface area (Å²) in [6, 6.07) is 6.25. The maximum atomic E-state index is 13.3. The average molecular weight is 745 g/mol. The van der Waals surface area contributed by atoms with Gasteiger partial charge in [-0.05, 0) is 58.9 Å². The highest BCUT2D eigenvalue weighted by atomic mass is 16.6. The van der Waals surface area contributed by atoms with Gasteiger partial charge in [-0.1, -0.05) is 12.2 Å². The lowest BCUT2D eigenvalue weighted by atomic mass is 10.1. The number of nitrogens with one attached hydrogen (secondary N) is 2. The molecule has 5 rings (SSSR count). The molecule has 54 heavy (non-hydrogen) atoms. The topological polar surface area (TPSA) is 244 Å². The number of allylic oxidation sites excluding steroid dienone is 1. The Bertz CT molecular complexity index is 2060. The van der Waals surface area contributed by atoms with Gasteiger partial charge in [-0.2, -0.15) is 5.10 Å². The molecule has 8 N–H and O–H groups in total. The van der Waals surface area contributed by atoms with Gasteiger partial charge >= 0.3 is 6.09 Å². The fourth-order valence-electron chi connectivity index (χ4n) is 5.82. The molecule has 18 heteroatoms. The van der Waals surface area contributed by atoms with Crippen molar-refractivity contribution in [3.63, 3.8) is 0 Å². The zero-order valence-electron chi connectivity index (χ0n) is 31.2. The van der Waals surface area contributed by atoms with Gasteiger partial charge in [-0.15, -0.1) is 0 Å². The minimum absolute atomic E-state index is 0.184. The fourth-order valence-corrected chi connectivity index (χ4v) is 5.82. The van der Waals surface area contributed by atoms with Gasteiger partial charge in [0.2, 0.25) is 17.8 Å². The molecule has 0 radical (unpaired) electrons. The number of anilines is 3. The van der Waals surface area contributed by atoms with Crippen LogP contribution in [0, 0.1) is 6.92 Å².